The number of nitroso groups, excluding NO2 is 1. The minimum absolute atomic E-state index is 0.0733. The summed E-state index contributed by atoms with van der Waals surface area (Å²) in [6.07, 6.45) is 0.612. The lowest BCUT2D eigenvalue weighted by Gasteiger charge is -2.03. The monoisotopic (exact) mass is 181 g/mol. The number of benzene rings is 1. The van der Waals surface area contributed by atoms with E-state index in [-0.39, 0.29) is 11.5 Å². The Bertz CT molecular complexity index is 324. The van der Waals surface area contributed by atoms with Gasteiger partial charge in [-0.2, -0.15) is 0 Å². The Labute approximate surface area is 73.9 Å². The summed E-state index contributed by atoms with van der Waals surface area (Å²) in [6, 6.07) is 4.07. The first-order valence-electron chi connectivity index (χ1n) is 3.48. The van der Waals surface area contributed by atoms with Crippen LogP contribution in [-0.4, -0.2) is 18.1 Å². The summed E-state index contributed by atoms with van der Waals surface area (Å²) < 4.78 is 4.74. The van der Waals surface area contributed by atoms with E-state index < -0.39 is 6.73 Å². The quantitative estimate of drug-likeness (QED) is 0.561. The second-order valence-electron chi connectivity index (χ2n) is 2.25. The number of phenols is 1. The highest BCUT2D eigenvalue weighted by Crippen LogP contribution is 2.25. The molecule has 0 aliphatic heterocycles. The molecule has 0 heterocycles. The van der Waals surface area contributed by atoms with Gasteiger partial charge >= 0.3 is 0 Å². The van der Waals surface area contributed by atoms with Crippen LogP contribution in [0.3, 0.4) is 0 Å². The third kappa shape index (κ3) is 2.26. The molecule has 0 aliphatic carbocycles. The Kier molecular flexibility index (Phi) is 2.97. The molecular formula is C8H7NO4. The number of hydrogen-bond donors (Lipinski definition) is 1. The zero-order chi connectivity index (χ0) is 9.68. The Balaban J connectivity index is 2.89. The summed E-state index contributed by atoms with van der Waals surface area (Å²) >= 11 is 0. The van der Waals surface area contributed by atoms with E-state index in [2.05, 4.69) is 5.18 Å². The standard InChI is InChI=1S/C8H7NO4/c10-4-6-1-2-7(11)8(3-6)13-5-9-12/h1-4,11H,5H2. The van der Waals surface area contributed by atoms with Crippen LogP contribution in [0.25, 0.3) is 0 Å². The van der Waals surface area contributed by atoms with Gasteiger partial charge in [0.2, 0.25) is 6.73 Å². The molecule has 68 valence electrons. The van der Waals surface area contributed by atoms with E-state index in [1.54, 1.807) is 0 Å². The van der Waals surface area contributed by atoms with Crippen molar-refractivity contribution in [2.45, 2.75) is 0 Å². The Morgan fingerprint density at radius 3 is 2.92 bits per heavy atom. The number of aldehydes is 1. The molecule has 5 nitrogen and oxygen atoms in total. The number of ether oxygens (including phenoxy) is 1. The van der Waals surface area contributed by atoms with E-state index in [1.807, 2.05) is 0 Å². The van der Waals surface area contributed by atoms with Crippen molar-refractivity contribution in [1.82, 2.24) is 0 Å². The number of carbonyl (C=O) groups excluding carboxylic acids is 1. The Morgan fingerprint density at radius 1 is 1.54 bits per heavy atom. The number of hydrogen-bond acceptors (Lipinski definition) is 5. The largest absolute Gasteiger partial charge is 0.504 e. The Hall–Kier alpha value is -1.91. The molecule has 0 fully saturated rings. The van der Waals surface area contributed by atoms with Gasteiger partial charge in [-0.25, -0.2) is 0 Å². The van der Waals surface area contributed by atoms with Crippen molar-refractivity contribution in [3.05, 3.63) is 28.7 Å². The van der Waals surface area contributed by atoms with E-state index in [0.717, 1.165) is 0 Å². The zero-order valence-electron chi connectivity index (χ0n) is 6.64. The van der Waals surface area contributed by atoms with Gasteiger partial charge in [-0.15, -0.1) is 4.91 Å². The van der Waals surface area contributed by atoms with Crippen molar-refractivity contribution in [2.75, 3.05) is 6.73 Å². The van der Waals surface area contributed by atoms with Crippen molar-refractivity contribution in [2.24, 2.45) is 5.18 Å². The number of rotatable bonds is 4. The number of nitrogens with zero attached hydrogens (tertiary/aromatic N) is 1. The fourth-order valence-electron chi connectivity index (χ4n) is 0.816. The molecule has 13 heavy (non-hydrogen) atoms. The van der Waals surface area contributed by atoms with Gasteiger partial charge in [0.25, 0.3) is 0 Å². The van der Waals surface area contributed by atoms with E-state index in [4.69, 9.17) is 4.74 Å². The average Bonchev–Trinajstić information content (AvgIpc) is 2.17. The van der Waals surface area contributed by atoms with Crippen molar-refractivity contribution >= 4 is 6.29 Å². The highest BCUT2D eigenvalue weighted by Gasteiger charge is 2.02. The average molecular weight is 181 g/mol. The zero-order valence-corrected chi connectivity index (χ0v) is 6.64. The predicted octanol–water partition coefficient (Wildman–Crippen LogP) is 1.31. The van der Waals surface area contributed by atoms with Gasteiger partial charge in [0.1, 0.15) is 6.29 Å². The normalized spacial score (nSPS) is 9.23. The van der Waals surface area contributed by atoms with Gasteiger partial charge < -0.3 is 9.84 Å². The van der Waals surface area contributed by atoms with Crippen LogP contribution in [0.15, 0.2) is 23.4 Å². The fraction of sp³-hybridized carbons (Fsp3) is 0.125. The SMILES string of the molecule is O=Cc1ccc(O)c(OCN=O)c1. The molecule has 0 spiro atoms. The molecule has 1 N–H and O–H groups in total. The molecule has 0 unspecified atom stereocenters. The molecule has 5 heteroatoms. The summed E-state index contributed by atoms with van der Waals surface area (Å²) in [5.74, 6) is -0.0570. The van der Waals surface area contributed by atoms with Crippen molar-refractivity contribution in [1.29, 1.82) is 0 Å². The molecule has 0 aromatic heterocycles. The van der Waals surface area contributed by atoms with E-state index in [9.17, 15) is 14.8 Å². The predicted molar refractivity (Wildman–Crippen MR) is 44.8 cm³/mol. The smallest absolute Gasteiger partial charge is 0.219 e. The Morgan fingerprint density at radius 2 is 2.31 bits per heavy atom. The van der Waals surface area contributed by atoms with Gasteiger partial charge in [-0.05, 0) is 23.4 Å². The van der Waals surface area contributed by atoms with Crippen LogP contribution in [0.5, 0.6) is 11.5 Å². The first-order chi connectivity index (χ1) is 6.27. The summed E-state index contributed by atoms with van der Waals surface area (Å²) in [4.78, 5) is 20.0. The third-order valence-electron chi connectivity index (χ3n) is 1.39. The maximum absolute atomic E-state index is 10.3. The topological polar surface area (TPSA) is 76.0 Å². The maximum Gasteiger partial charge on any atom is 0.219 e. The van der Waals surface area contributed by atoms with Gasteiger partial charge in [0.05, 0.1) is 0 Å². The van der Waals surface area contributed by atoms with Gasteiger partial charge in [0.15, 0.2) is 11.5 Å². The molecule has 1 aromatic carbocycles. The third-order valence-corrected chi connectivity index (χ3v) is 1.39. The molecule has 0 aliphatic rings. The molecule has 0 radical (unpaired) electrons. The van der Waals surface area contributed by atoms with Crippen molar-refractivity contribution in [3.8, 4) is 11.5 Å². The highest BCUT2D eigenvalue weighted by molar-refractivity contribution is 5.76. The summed E-state index contributed by atoms with van der Waals surface area (Å²) in [5.41, 5.74) is 0.360. The van der Waals surface area contributed by atoms with Crippen molar-refractivity contribution in [3.63, 3.8) is 0 Å². The fourth-order valence-corrected chi connectivity index (χ4v) is 0.816. The second-order valence-corrected chi connectivity index (χ2v) is 2.25. The van der Waals surface area contributed by atoms with Crippen LogP contribution in [0.4, 0.5) is 0 Å². The van der Waals surface area contributed by atoms with E-state index in [0.29, 0.717) is 11.8 Å². The molecule has 0 bridgehead atoms. The van der Waals surface area contributed by atoms with Gasteiger partial charge in [-0.3, -0.25) is 4.79 Å². The lowest BCUT2D eigenvalue weighted by Crippen LogP contribution is -1.93. The number of phenolic OH excluding ortho intramolecular Hbond substituents is 1. The van der Waals surface area contributed by atoms with Crippen LogP contribution in [0.2, 0.25) is 0 Å². The molecule has 0 saturated heterocycles. The van der Waals surface area contributed by atoms with Crippen LogP contribution in [0, 0.1) is 4.91 Å². The summed E-state index contributed by atoms with van der Waals surface area (Å²) in [7, 11) is 0. The molecule has 0 atom stereocenters. The van der Waals surface area contributed by atoms with Crippen LogP contribution < -0.4 is 4.74 Å². The number of carbonyl (C=O) groups is 1. The van der Waals surface area contributed by atoms with Crippen LogP contribution in [0.1, 0.15) is 10.4 Å². The first kappa shape index (κ1) is 9.18. The van der Waals surface area contributed by atoms with Crippen LogP contribution >= 0.6 is 0 Å². The minimum Gasteiger partial charge on any atom is -0.504 e. The summed E-state index contributed by atoms with van der Waals surface area (Å²) in [6.45, 7) is -0.393. The minimum atomic E-state index is -0.393. The molecular weight excluding hydrogens is 174 g/mol. The van der Waals surface area contributed by atoms with E-state index >= 15 is 0 Å². The van der Waals surface area contributed by atoms with Gasteiger partial charge in [0, 0.05) is 5.56 Å². The van der Waals surface area contributed by atoms with Crippen LogP contribution in [-0.2, 0) is 0 Å². The molecule has 0 amide bonds. The molecule has 1 rings (SSSR count). The summed E-state index contributed by atoms with van der Waals surface area (Å²) in [5, 5.41) is 11.6. The van der Waals surface area contributed by atoms with E-state index in [1.165, 1.54) is 18.2 Å². The maximum atomic E-state index is 10.3. The van der Waals surface area contributed by atoms with Crippen molar-refractivity contribution < 1.29 is 14.6 Å². The highest BCUT2D eigenvalue weighted by atomic mass is 16.5. The van der Waals surface area contributed by atoms with Gasteiger partial charge in [-0.1, -0.05) is 0 Å². The molecule has 0 saturated carbocycles. The number of aromatic hydroxyl groups is 1. The first-order valence-corrected chi connectivity index (χ1v) is 3.48. The lowest BCUT2D eigenvalue weighted by atomic mass is 10.2. The lowest BCUT2D eigenvalue weighted by molar-refractivity contribution is 0.112. The molecule has 1 aromatic rings. The second kappa shape index (κ2) is 4.20.